The highest BCUT2D eigenvalue weighted by molar-refractivity contribution is 5.75. The Bertz CT molecular complexity index is 675. The lowest BCUT2D eigenvalue weighted by atomic mass is 10.3. The molecule has 0 unspecified atom stereocenters. The number of nitrogens with two attached hydrogens (primary N) is 1. The molecular weight excluding hydrogens is 228 g/mol. The Hall–Kier alpha value is -2.63. The molecule has 6 nitrogen and oxygen atoms in total. The molecule has 2 aromatic heterocycles. The minimum absolute atomic E-state index is 0.565. The number of H-pyrrole nitrogens is 1. The number of nitrogen functional groups attached to an aromatic ring is 1. The smallest absolute Gasteiger partial charge is 0.145 e. The maximum absolute atomic E-state index is 5.70. The average molecular weight is 240 g/mol. The first-order chi connectivity index (χ1) is 8.83. The molecule has 0 aliphatic rings. The Kier molecular flexibility index (Phi) is 2.53. The van der Waals surface area contributed by atoms with Gasteiger partial charge in [-0.1, -0.05) is 12.1 Å². The molecule has 0 aliphatic carbocycles. The number of rotatable bonds is 3. The molecule has 18 heavy (non-hydrogen) atoms. The summed E-state index contributed by atoms with van der Waals surface area (Å²) in [4.78, 5) is 8.78. The Labute approximate surface area is 103 Å². The topological polar surface area (TPSA) is 92.5 Å². The van der Waals surface area contributed by atoms with E-state index in [1.807, 2.05) is 24.3 Å². The van der Waals surface area contributed by atoms with Gasteiger partial charge in [-0.25, -0.2) is 4.98 Å². The fraction of sp³-hybridized carbons (Fsp3) is 0.0833. The van der Waals surface area contributed by atoms with E-state index in [0.717, 1.165) is 16.6 Å². The quantitative estimate of drug-likeness (QED) is 0.646. The van der Waals surface area contributed by atoms with Gasteiger partial charge in [0.1, 0.15) is 11.6 Å². The number of aromatic nitrogens is 4. The molecule has 1 aromatic carbocycles. The zero-order chi connectivity index (χ0) is 12.4. The molecule has 0 saturated carbocycles. The zero-order valence-electron chi connectivity index (χ0n) is 9.59. The highest BCUT2D eigenvalue weighted by atomic mass is 15.1. The second kappa shape index (κ2) is 4.33. The Morgan fingerprint density at radius 3 is 2.78 bits per heavy atom. The van der Waals surface area contributed by atoms with E-state index in [4.69, 9.17) is 5.73 Å². The van der Waals surface area contributed by atoms with Crippen LogP contribution in [0, 0.1) is 0 Å². The van der Waals surface area contributed by atoms with Crippen LogP contribution in [0.5, 0.6) is 0 Å². The van der Waals surface area contributed by atoms with Crippen molar-refractivity contribution in [3.05, 3.63) is 42.2 Å². The van der Waals surface area contributed by atoms with Crippen molar-refractivity contribution in [3.63, 3.8) is 0 Å². The Morgan fingerprint density at radius 1 is 1.17 bits per heavy atom. The molecule has 0 aliphatic heterocycles. The van der Waals surface area contributed by atoms with Gasteiger partial charge in [0.15, 0.2) is 0 Å². The van der Waals surface area contributed by atoms with Crippen molar-refractivity contribution in [2.75, 3.05) is 11.1 Å². The second-order valence-corrected chi connectivity index (χ2v) is 3.91. The molecule has 0 fully saturated rings. The number of aromatic amines is 1. The number of hydrogen-bond acceptors (Lipinski definition) is 5. The second-order valence-electron chi connectivity index (χ2n) is 3.91. The van der Waals surface area contributed by atoms with Crippen LogP contribution in [0.3, 0.4) is 0 Å². The lowest BCUT2D eigenvalue weighted by molar-refractivity contribution is 1.10. The predicted octanol–water partition coefficient (Wildman–Crippen LogP) is 1.55. The molecule has 90 valence electrons. The molecule has 3 aromatic rings. The summed E-state index contributed by atoms with van der Waals surface area (Å²) >= 11 is 0. The number of nitrogens with one attached hydrogen (secondary N) is 2. The fourth-order valence-corrected chi connectivity index (χ4v) is 1.69. The van der Waals surface area contributed by atoms with Crippen LogP contribution in [0.1, 0.15) is 5.56 Å². The maximum Gasteiger partial charge on any atom is 0.145 e. The lowest BCUT2D eigenvalue weighted by Gasteiger charge is -2.05. The molecule has 6 heteroatoms. The molecule has 0 saturated heterocycles. The molecule has 2 heterocycles. The standard InChI is InChI=1S/C12H12N6/c13-12-8(6-16-18-12)5-15-11-7-14-9-3-1-2-4-10(9)17-11/h1-4,6-7H,5H2,(H,15,17)(H3,13,16,18). The van der Waals surface area contributed by atoms with Crippen LogP contribution in [-0.2, 0) is 6.54 Å². The minimum atomic E-state index is 0.565. The van der Waals surface area contributed by atoms with Crippen molar-refractivity contribution in [1.29, 1.82) is 0 Å². The summed E-state index contributed by atoms with van der Waals surface area (Å²) in [5.74, 6) is 1.28. The number of anilines is 2. The third-order valence-electron chi connectivity index (χ3n) is 2.66. The Morgan fingerprint density at radius 2 is 2.00 bits per heavy atom. The van der Waals surface area contributed by atoms with E-state index in [2.05, 4.69) is 25.5 Å². The molecule has 0 spiro atoms. The summed E-state index contributed by atoms with van der Waals surface area (Å²) in [7, 11) is 0. The number of nitrogens with zero attached hydrogens (tertiary/aromatic N) is 3. The molecule has 0 radical (unpaired) electrons. The summed E-state index contributed by atoms with van der Waals surface area (Å²) < 4.78 is 0. The van der Waals surface area contributed by atoms with E-state index in [9.17, 15) is 0 Å². The third-order valence-corrected chi connectivity index (χ3v) is 2.66. The monoisotopic (exact) mass is 240 g/mol. The van der Waals surface area contributed by atoms with Crippen LogP contribution >= 0.6 is 0 Å². The predicted molar refractivity (Wildman–Crippen MR) is 69.9 cm³/mol. The van der Waals surface area contributed by atoms with Gasteiger partial charge in [-0.2, -0.15) is 5.10 Å². The first-order valence-corrected chi connectivity index (χ1v) is 5.56. The highest BCUT2D eigenvalue weighted by Gasteiger charge is 2.02. The van der Waals surface area contributed by atoms with Gasteiger partial charge < -0.3 is 11.1 Å². The van der Waals surface area contributed by atoms with Crippen molar-refractivity contribution >= 4 is 22.7 Å². The molecule has 0 atom stereocenters. The van der Waals surface area contributed by atoms with Gasteiger partial charge in [0.05, 0.1) is 23.4 Å². The van der Waals surface area contributed by atoms with Gasteiger partial charge in [0, 0.05) is 12.1 Å². The Balaban J connectivity index is 1.81. The van der Waals surface area contributed by atoms with E-state index in [1.165, 1.54) is 0 Å². The first-order valence-electron chi connectivity index (χ1n) is 5.56. The summed E-state index contributed by atoms with van der Waals surface area (Å²) in [6.07, 6.45) is 3.40. The highest BCUT2D eigenvalue weighted by Crippen LogP contribution is 2.13. The molecule has 3 rings (SSSR count). The molecule has 0 amide bonds. The SMILES string of the molecule is Nc1[nH]ncc1CNc1cnc2ccccc2n1. The van der Waals surface area contributed by atoms with E-state index in [-0.39, 0.29) is 0 Å². The minimum Gasteiger partial charge on any atom is -0.384 e. The summed E-state index contributed by atoms with van der Waals surface area (Å²) in [6.45, 7) is 0.565. The molecule has 0 bridgehead atoms. The van der Waals surface area contributed by atoms with Crippen LogP contribution < -0.4 is 11.1 Å². The van der Waals surface area contributed by atoms with Gasteiger partial charge >= 0.3 is 0 Å². The van der Waals surface area contributed by atoms with E-state index < -0.39 is 0 Å². The summed E-state index contributed by atoms with van der Waals surface area (Å²) in [5, 5.41) is 9.71. The van der Waals surface area contributed by atoms with Crippen LogP contribution in [0.15, 0.2) is 36.7 Å². The van der Waals surface area contributed by atoms with Crippen LogP contribution in [0.2, 0.25) is 0 Å². The maximum atomic E-state index is 5.70. The van der Waals surface area contributed by atoms with Gasteiger partial charge in [0.25, 0.3) is 0 Å². The van der Waals surface area contributed by atoms with E-state index in [0.29, 0.717) is 18.2 Å². The van der Waals surface area contributed by atoms with Gasteiger partial charge in [-0.3, -0.25) is 10.1 Å². The van der Waals surface area contributed by atoms with Crippen molar-refractivity contribution in [2.24, 2.45) is 0 Å². The van der Waals surface area contributed by atoms with E-state index >= 15 is 0 Å². The van der Waals surface area contributed by atoms with Crippen LogP contribution in [0.4, 0.5) is 11.6 Å². The normalized spacial score (nSPS) is 10.7. The molecular formula is C12H12N6. The summed E-state index contributed by atoms with van der Waals surface area (Å²) in [6, 6.07) is 7.74. The fourth-order valence-electron chi connectivity index (χ4n) is 1.69. The van der Waals surface area contributed by atoms with E-state index in [1.54, 1.807) is 12.4 Å². The van der Waals surface area contributed by atoms with Gasteiger partial charge in [-0.15, -0.1) is 0 Å². The number of para-hydroxylation sites is 2. The van der Waals surface area contributed by atoms with Crippen LogP contribution in [0.25, 0.3) is 11.0 Å². The number of hydrogen-bond donors (Lipinski definition) is 3. The van der Waals surface area contributed by atoms with Crippen LogP contribution in [-0.4, -0.2) is 20.2 Å². The third kappa shape index (κ3) is 1.95. The van der Waals surface area contributed by atoms with Crippen molar-refractivity contribution in [2.45, 2.75) is 6.54 Å². The average Bonchev–Trinajstić information content (AvgIpc) is 2.82. The largest absolute Gasteiger partial charge is 0.384 e. The van der Waals surface area contributed by atoms with Crippen molar-refractivity contribution in [3.8, 4) is 0 Å². The van der Waals surface area contributed by atoms with Crippen molar-refractivity contribution in [1.82, 2.24) is 20.2 Å². The summed E-state index contributed by atoms with van der Waals surface area (Å²) in [5.41, 5.74) is 8.35. The van der Waals surface area contributed by atoms with Crippen molar-refractivity contribution < 1.29 is 0 Å². The lowest BCUT2D eigenvalue weighted by Crippen LogP contribution is -2.03. The first kappa shape index (κ1) is 10.5. The van der Waals surface area contributed by atoms with Gasteiger partial charge in [0.2, 0.25) is 0 Å². The number of benzene rings is 1. The zero-order valence-corrected chi connectivity index (χ0v) is 9.59. The van der Waals surface area contributed by atoms with Gasteiger partial charge in [-0.05, 0) is 12.1 Å². The molecule has 4 N–H and O–H groups in total. The number of fused-ring (bicyclic) bond motifs is 1.